The van der Waals surface area contributed by atoms with E-state index in [9.17, 15) is 4.39 Å². The molecule has 1 aromatic heterocycles. The number of fused-ring (bicyclic) bond motifs is 1. The third-order valence-electron chi connectivity index (χ3n) is 4.68. The molecule has 0 unspecified atom stereocenters. The standard InChI is InChI=1S/C18H18Cl2FN3/c1-5-9(2)16-18(3,4)11-6-10(7-13(21)15(11)23-16)14-12(19)8-22-17(20)24-14/h6-9H,5H2,1-4H3/t9-/m0/s1. The number of hydrogen-bond acceptors (Lipinski definition) is 3. The zero-order valence-electron chi connectivity index (χ0n) is 14.0. The first-order chi connectivity index (χ1) is 11.3. The molecule has 0 aliphatic carbocycles. The zero-order valence-corrected chi connectivity index (χ0v) is 15.5. The van der Waals surface area contributed by atoms with E-state index in [1.807, 2.05) is 6.07 Å². The van der Waals surface area contributed by atoms with Gasteiger partial charge in [-0.15, -0.1) is 0 Å². The van der Waals surface area contributed by atoms with Crippen LogP contribution in [0.5, 0.6) is 0 Å². The van der Waals surface area contributed by atoms with Crippen LogP contribution >= 0.6 is 23.2 Å². The first kappa shape index (κ1) is 17.3. The van der Waals surface area contributed by atoms with Crippen molar-refractivity contribution in [2.75, 3.05) is 0 Å². The first-order valence-corrected chi connectivity index (χ1v) is 8.62. The highest BCUT2D eigenvalue weighted by molar-refractivity contribution is 6.33. The number of aromatic nitrogens is 2. The van der Waals surface area contributed by atoms with Crippen molar-refractivity contribution in [2.24, 2.45) is 10.9 Å². The molecule has 0 saturated carbocycles. The van der Waals surface area contributed by atoms with E-state index in [1.54, 1.807) is 0 Å². The van der Waals surface area contributed by atoms with Crippen molar-refractivity contribution in [3.05, 3.63) is 40.0 Å². The van der Waals surface area contributed by atoms with Crippen LogP contribution in [0.1, 0.15) is 39.7 Å². The summed E-state index contributed by atoms with van der Waals surface area (Å²) >= 11 is 12.0. The third-order valence-corrected chi connectivity index (χ3v) is 5.14. The lowest BCUT2D eigenvalue weighted by Gasteiger charge is -2.26. The fourth-order valence-corrected chi connectivity index (χ4v) is 3.53. The number of nitrogens with zero attached hydrogens (tertiary/aromatic N) is 3. The summed E-state index contributed by atoms with van der Waals surface area (Å²) in [4.78, 5) is 12.6. The van der Waals surface area contributed by atoms with E-state index >= 15 is 0 Å². The quantitative estimate of drug-likeness (QED) is 0.625. The van der Waals surface area contributed by atoms with Crippen LogP contribution < -0.4 is 0 Å². The number of hydrogen-bond donors (Lipinski definition) is 0. The number of rotatable bonds is 3. The van der Waals surface area contributed by atoms with Crippen molar-refractivity contribution < 1.29 is 4.39 Å². The molecule has 6 heteroatoms. The predicted molar refractivity (Wildman–Crippen MR) is 97.0 cm³/mol. The molecule has 0 amide bonds. The Labute approximate surface area is 151 Å². The number of benzene rings is 1. The van der Waals surface area contributed by atoms with E-state index in [2.05, 4.69) is 42.7 Å². The Morgan fingerprint density at radius 2 is 1.96 bits per heavy atom. The molecule has 126 valence electrons. The van der Waals surface area contributed by atoms with Gasteiger partial charge in [0, 0.05) is 16.7 Å². The summed E-state index contributed by atoms with van der Waals surface area (Å²) in [6.45, 7) is 8.37. The second-order valence-corrected chi connectivity index (χ2v) is 7.37. The maximum absolute atomic E-state index is 14.7. The molecule has 1 atom stereocenters. The van der Waals surface area contributed by atoms with E-state index in [4.69, 9.17) is 23.2 Å². The smallest absolute Gasteiger partial charge is 0.222 e. The van der Waals surface area contributed by atoms with Crippen LogP contribution in [-0.2, 0) is 5.41 Å². The molecular formula is C18H18Cl2FN3. The monoisotopic (exact) mass is 365 g/mol. The average molecular weight is 366 g/mol. The van der Waals surface area contributed by atoms with Crippen LogP contribution in [0.4, 0.5) is 10.1 Å². The normalized spacial score (nSPS) is 16.7. The van der Waals surface area contributed by atoms with E-state index in [0.717, 1.165) is 17.7 Å². The van der Waals surface area contributed by atoms with Gasteiger partial charge in [-0.05, 0) is 41.6 Å². The average Bonchev–Trinajstić information content (AvgIpc) is 2.81. The molecule has 3 rings (SSSR count). The van der Waals surface area contributed by atoms with Gasteiger partial charge in [-0.1, -0.05) is 39.3 Å². The lowest BCUT2D eigenvalue weighted by atomic mass is 9.76. The Morgan fingerprint density at radius 1 is 1.25 bits per heavy atom. The Balaban J connectivity index is 2.17. The summed E-state index contributed by atoms with van der Waals surface area (Å²) in [7, 11) is 0. The van der Waals surface area contributed by atoms with Crippen molar-refractivity contribution in [1.82, 2.24) is 9.97 Å². The Bertz CT molecular complexity index is 846. The maximum atomic E-state index is 14.7. The molecule has 0 bridgehead atoms. The SMILES string of the molecule is CC[C@H](C)C1=Nc2c(F)cc(-c3nc(Cl)ncc3Cl)cc2C1(C)C. The predicted octanol–water partition coefficient (Wildman–Crippen LogP) is 6.00. The Hall–Kier alpha value is -1.52. The van der Waals surface area contributed by atoms with E-state index in [1.165, 1.54) is 12.3 Å². The summed E-state index contributed by atoms with van der Waals surface area (Å²) in [5, 5.41) is 0.406. The van der Waals surface area contributed by atoms with Gasteiger partial charge in [0.15, 0.2) is 0 Å². The molecule has 0 radical (unpaired) electrons. The number of halogens is 3. The molecule has 0 saturated heterocycles. The van der Waals surface area contributed by atoms with E-state index < -0.39 is 0 Å². The maximum Gasteiger partial charge on any atom is 0.222 e. The second-order valence-electron chi connectivity index (χ2n) is 6.62. The van der Waals surface area contributed by atoms with Crippen molar-refractivity contribution in [2.45, 2.75) is 39.5 Å². The summed E-state index contributed by atoms with van der Waals surface area (Å²) in [6, 6.07) is 3.31. The lowest BCUT2D eigenvalue weighted by Crippen LogP contribution is -2.30. The highest BCUT2D eigenvalue weighted by Gasteiger charge is 2.38. The molecule has 1 aliphatic heterocycles. The third kappa shape index (κ3) is 2.72. The Morgan fingerprint density at radius 3 is 2.62 bits per heavy atom. The van der Waals surface area contributed by atoms with Crippen LogP contribution in [0, 0.1) is 11.7 Å². The van der Waals surface area contributed by atoms with Gasteiger partial charge >= 0.3 is 0 Å². The molecule has 0 fully saturated rings. The van der Waals surface area contributed by atoms with Crippen molar-refractivity contribution in [3.8, 4) is 11.3 Å². The molecule has 3 nitrogen and oxygen atoms in total. The minimum Gasteiger partial charge on any atom is -0.253 e. The van der Waals surface area contributed by atoms with Crippen LogP contribution in [0.2, 0.25) is 10.3 Å². The lowest BCUT2D eigenvalue weighted by molar-refractivity contribution is 0.622. The topological polar surface area (TPSA) is 38.1 Å². The van der Waals surface area contributed by atoms with Gasteiger partial charge in [0.05, 0.1) is 16.9 Å². The van der Waals surface area contributed by atoms with Crippen molar-refractivity contribution in [3.63, 3.8) is 0 Å². The highest BCUT2D eigenvalue weighted by atomic mass is 35.5. The number of aliphatic imine (C=N–C) groups is 1. The van der Waals surface area contributed by atoms with E-state index in [-0.39, 0.29) is 22.4 Å². The fourth-order valence-electron chi connectivity index (χ4n) is 3.19. The Kier molecular flexibility index (Phi) is 4.39. The van der Waals surface area contributed by atoms with Crippen LogP contribution in [0.3, 0.4) is 0 Å². The fraction of sp³-hybridized carbons (Fsp3) is 0.389. The summed E-state index contributed by atoms with van der Waals surface area (Å²) in [5.41, 5.74) is 2.92. The largest absolute Gasteiger partial charge is 0.253 e. The second kappa shape index (κ2) is 6.08. The van der Waals surface area contributed by atoms with E-state index in [0.29, 0.717) is 22.0 Å². The van der Waals surface area contributed by atoms with Crippen LogP contribution in [-0.4, -0.2) is 15.7 Å². The van der Waals surface area contributed by atoms with Gasteiger partial charge in [-0.3, -0.25) is 4.99 Å². The molecule has 1 aromatic carbocycles. The van der Waals surface area contributed by atoms with Crippen LogP contribution in [0.15, 0.2) is 23.3 Å². The van der Waals surface area contributed by atoms with Gasteiger partial charge in [0.1, 0.15) is 11.5 Å². The van der Waals surface area contributed by atoms with Crippen molar-refractivity contribution in [1.29, 1.82) is 0 Å². The molecule has 1 aliphatic rings. The van der Waals surface area contributed by atoms with Gasteiger partial charge in [-0.2, -0.15) is 0 Å². The summed E-state index contributed by atoms with van der Waals surface area (Å²) < 4.78 is 14.7. The minimum atomic E-state index is -0.375. The van der Waals surface area contributed by atoms with Gasteiger partial charge in [0.2, 0.25) is 5.28 Å². The minimum absolute atomic E-state index is 0.0751. The molecule has 0 spiro atoms. The molecular weight excluding hydrogens is 348 g/mol. The van der Waals surface area contributed by atoms with Crippen LogP contribution in [0.25, 0.3) is 11.3 Å². The summed E-state index contributed by atoms with van der Waals surface area (Å²) in [6.07, 6.45) is 2.38. The molecule has 2 heterocycles. The van der Waals surface area contributed by atoms with Crippen molar-refractivity contribution >= 4 is 34.6 Å². The molecule has 0 N–H and O–H groups in total. The molecule has 24 heavy (non-hydrogen) atoms. The summed E-state index contributed by atoms with van der Waals surface area (Å²) in [5.74, 6) is -0.0907. The highest BCUT2D eigenvalue weighted by Crippen LogP contribution is 2.46. The molecule has 2 aromatic rings. The van der Waals surface area contributed by atoms with Gasteiger partial charge in [0.25, 0.3) is 0 Å². The van der Waals surface area contributed by atoms with Gasteiger partial charge < -0.3 is 0 Å². The first-order valence-electron chi connectivity index (χ1n) is 7.87. The zero-order chi connectivity index (χ0) is 17.6. The van der Waals surface area contributed by atoms with Gasteiger partial charge in [-0.25, -0.2) is 14.4 Å².